The third-order valence-electron chi connectivity index (χ3n) is 6.85. The maximum Gasteiger partial charge on any atom is 0.228 e. The molecule has 8 nitrogen and oxygen atoms in total. The molecule has 3 aliphatic rings. The minimum absolute atomic E-state index is 0.0702. The first kappa shape index (κ1) is 22.9. The maximum absolute atomic E-state index is 13.0. The number of rotatable bonds is 8. The number of ether oxygens (including phenoxy) is 3. The van der Waals surface area contributed by atoms with Crippen LogP contribution in [0.5, 0.6) is 11.5 Å². The molecule has 0 unspecified atom stereocenters. The standard InChI is InChI=1S/C24H35N3O5/c1-30-21-6-5-18(14-22(21)31-2)7-8-27-16-19(15-23(27)28)24(29)26-11-9-25(10-12-26)17-20-4-3-13-32-20/h5-6,14,19-20H,3-4,7-13,15-17H2,1-2H3/t19-,20-/m1/s1. The average molecular weight is 446 g/mol. The summed E-state index contributed by atoms with van der Waals surface area (Å²) < 4.78 is 16.4. The fourth-order valence-corrected chi connectivity index (χ4v) is 4.94. The molecule has 8 heteroatoms. The first-order chi connectivity index (χ1) is 15.6. The Balaban J connectivity index is 1.24. The van der Waals surface area contributed by atoms with E-state index in [2.05, 4.69) is 4.90 Å². The zero-order chi connectivity index (χ0) is 22.5. The molecule has 1 aromatic rings. The van der Waals surface area contributed by atoms with Gasteiger partial charge in [-0.05, 0) is 37.0 Å². The van der Waals surface area contributed by atoms with Gasteiger partial charge in [-0.15, -0.1) is 0 Å². The van der Waals surface area contributed by atoms with E-state index in [1.54, 1.807) is 14.2 Å². The van der Waals surface area contributed by atoms with Gasteiger partial charge < -0.3 is 24.0 Å². The van der Waals surface area contributed by atoms with Crippen molar-refractivity contribution in [2.75, 3.05) is 66.6 Å². The predicted octanol–water partition coefficient (Wildman–Crippen LogP) is 1.42. The lowest BCUT2D eigenvalue weighted by Gasteiger charge is -2.36. The van der Waals surface area contributed by atoms with Crippen molar-refractivity contribution in [1.29, 1.82) is 0 Å². The summed E-state index contributed by atoms with van der Waals surface area (Å²) in [5, 5.41) is 0. The Bertz CT molecular complexity index is 803. The van der Waals surface area contributed by atoms with Crippen LogP contribution in [0, 0.1) is 5.92 Å². The van der Waals surface area contributed by atoms with Gasteiger partial charge >= 0.3 is 0 Å². The Morgan fingerprint density at radius 2 is 1.91 bits per heavy atom. The normalized spacial score (nSPS) is 24.2. The largest absolute Gasteiger partial charge is 0.493 e. The van der Waals surface area contributed by atoms with Crippen molar-refractivity contribution in [1.82, 2.24) is 14.7 Å². The van der Waals surface area contributed by atoms with Crippen molar-refractivity contribution >= 4 is 11.8 Å². The van der Waals surface area contributed by atoms with Crippen LogP contribution >= 0.6 is 0 Å². The average Bonchev–Trinajstić information content (AvgIpc) is 3.47. The fraction of sp³-hybridized carbons (Fsp3) is 0.667. The molecule has 0 spiro atoms. The number of carbonyl (C=O) groups excluding carboxylic acids is 2. The number of methoxy groups -OCH3 is 2. The summed E-state index contributed by atoms with van der Waals surface area (Å²) in [4.78, 5) is 31.8. The topological polar surface area (TPSA) is 71.5 Å². The molecule has 0 N–H and O–H groups in total. The van der Waals surface area contributed by atoms with E-state index in [4.69, 9.17) is 14.2 Å². The van der Waals surface area contributed by atoms with Gasteiger partial charge in [0.2, 0.25) is 11.8 Å². The van der Waals surface area contributed by atoms with Crippen LogP contribution < -0.4 is 9.47 Å². The first-order valence-electron chi connectivity index (χ1n) is 11.7. The van der Waals surface area contributed by atoms with Gasteiger partial charge in [0.1, 0.15) is 0 Å². The van der Waals surface area contributed by atoms with Crippen LogP contribution in [0.2, 0.25) is 0 Å². The summed E-state index contributed by atoms with van der Waals surface area (Å²) in [5.41, 5.74) is 1.08. The minimum Gasteiger partial charge on any atom is -0.493 e. The van der Waals surface area contributed by atoms with Gasteiger partial charge in [-0.3, -0.25) is 14.5 Å². The Kier molecular flexibility index (Phi) is 7.52. The number of carbonyl (C=O) groups is 2. The lowest BCUT2D eigenvalue weighted by Crippen LogP contribution is -2.52. The molecule has 0 saturated carbocycles. The molecule has 2 atom stereocenters. The second-order valence-electron chi connectivity index (χ2n) is 8.94. The van der Waals surface area contributed by atoms with Crippen LogP contribution in [-0.4, -0.2) is 99.3 Å². The van der Waals surface area contributed by atoms with Gasteiger partial charge in [0.05, 0.1) is 26.2 Å². The number of amides is 2. The molecule has 1 aromatic carbocycles. The third kappa shape index (κ3) is 5.35. The summed E-state index contributed by atoms with van der Waals surface area (Å²) in [6.07, 6.45) is 3.68. The zero-order valence-corrected chi connectivity index (χ0v) is 19.3. The number of hydrogen-bond acceptors (Lipinski definition) is 6. The Hall–Kier alpha value is -2.32. The predicted molar refractivity (Wildman–Crippen MR) is 120 cm³/mol. The minimum atomic E-state index is -0.224. The molecule has 32 heavy (non-hydrogen) atoms. The summed E-state index contributed by atoms with van der Waals surface area (Å²) in [5.74, 6) is 1.35. The van der Waals surface area contributed by atoms with Crippen molar-refractivity contribution in [3.8, 4) is 11.5 Å². The summed E-state index contributed by atoms with van der Waals surface area (Å²) >= 11 is 0. The lowest BCUT2D eigenvalue weighted by molar-refractivity contribution is -0.137. The number of nitrogens with zero attached hydrogens (tertiary/aromatic N) is 3. The highest BCUT2D eigenvalue weighted by Gasteiger charge is 2.37. The molecule has 3 saturated heterocycles. The van der Waals surface area contributed by atoms with Gasteiger partial charge in [0.15, 0.2) is 11.5 Å². The van der Waals surface area contributed by atoms with E-state index >= 15 is 0 Å². The molecule has 3 heterocycles. The lowest BCUT2D eigenvalue weighted by atomic mass is 10.1. The fourth-order valence-electron chi connectivity index (χ4n) is 4.94. The third-order valence-corrected chi connectivity index (χ3v) is 6.85. The molecule has 0 bridgehead atoms. The van der Waals surface area contributed by atoms with Gasteiger partial charge in [0.25, 0.3) is 0 Å². The number of likely N-dealkylation sites (tertiary alicyclic amines) is 1. The zero-order valence-electron chi connectivity index (χ0n) is 19.3. The number of piperazine rings is 1. The van der Waals surface area contributed by atoms with E-state index < -0.39 is 0 Å². The van der Waals surface area contributed by atoms with Crippen molar-refractivity contribution in [3.05, 3.63) is 23.8 Å². The Morgan fingerprint density at radius 3 is 2.59 bits per heavy atom. The van der Waals surface area contributed by atoms with Crippen LogP contribution in [0.25, 0.3) is 0 Å². The highest BCUT2D eigenvalue weighted by molar-refractivity contribution is 5.89. The second kappa shape index (κ2) is 10.5. The van der Waals surface area contributed by atoms with Crippen molar-refractivity contribution < 1.29 is 23.8 Å². The van der Waals surface area contributed by atoms with E-state index in [1.807, 2.05) is 28.0 Å². The molecule has 3 fully saturated rings. The summed E-state index contributed by atoms with van der Waals surface area (Å²) in [6, 6.07) is 5.81. The molecule has 0 aliphatic carbocycles. The maximum atomic E-state index is 13.0. The molecule has 2 amide bonds. The Morgan fingerprint density at radius 1 is 1.12 bits per heavy atom. The highest BCUT2D eigenvalue weighted by atomic mass is 16.5. The van der Waals surface area contributed by atoms with Gasteiger partial charge in [0, 0.05) is 58.8 Å². The SMILES string of the molecule is COc1ccc(CCN2C[C@H](C(=O)N3CCN(C[C@H]4CCCO4)CC3)CC2=O)cc1OC. The first-order valence-corrected chi connectivity index (χ1v) is 11.7. The van der Waals surface area contributed by atoms with Gasteiger partial charge in [-0.1, -0.05) is 6.07 Å². The number of benzene rings is 1. The molecule has 3 aliphatic heterocycles. The molecule has 176 valence electrons. The van der Waals surface area contributed by atoms with Crippen molar-refractivity contribution in [3.63, 3.8) is 0 Å². The van der Waals surface area contributed by atoms with E-state index in [-0.39, 0.29) is 17.7 Å². The monoisotopic (exact) mass is 445 g/mol. The van der Waals surface area contributed by atoms with Gasteiger partial charge in [-0.25, -0.2) is 0 Å². The molecule has 0 aromatic heterocycles. The summed E-state index contributed by atoms with van der Waals surface area (Å²) in [6.45, 7) is 6.21. The molecular weight excluding hydrogens is 410 g/mol. The van der Waals surface area contributed by atoms with Crippen LogP contribution in [0.1, 0.15) is 24.8 Å². The highest BCUT2D eigenvalue weighted by Crippen LogP contribution is 2.28. The molecule has 0 radical (unpaired) electrons. The van der Waals surface area contributed by atoms with Crippen LogP contribution in [0.3, 0.4) is 0 Å². The quantitative estimate of drug-likeness (QED) is 0.603. The molecular formula is C24H35N3O5. The van der Waals surface area contributed by atoms with E-state index in [0.29, 0.717) is 37.1 Å². The van der Waals surface area contributed by atoms with Crippen molar-refractivity contribution in [2.45, 2.75) is 31.8 Å². The summed E-state index contributed by atoms with van der Waals surface area (Å²) in [7, 11) is 3.23. The van der Waals surface area contributed by atoms with Gasteiger partial charge in [-0.2, -0.15) is 0 Å². The van der Waals surface area contributed by atoms with Crippen LogP contribution in [0.4, 0.5) is 0 Å². The van der Waals surface area contributed by atoms with Crippen molar-refractivity contribution in [2.24, 2.45) is 5.92 Å². The Labute approximate surface area is 190 Å². The van der Waals surface area contributed by atoms with E-state index in [0.717, 1.165) is 64.2 Å². The number of hydrogen-bond donors (Lipinski definition) is 0. The van der Waals surface area contributed by atoms with Crippen LogP contribution in [0.15, 0.2) is 18.2 Å². The molecule has 4 rings (SSSR count). The van der Waals surface area contributed by atoms with E-state index in [1.165, 1.54) is 0 Å². The van der Waals surface area contributed by atoms with E-state index in [9.17, 15) is 9.59 Å². The smallest absolute Gasteiger partial charge is 0.228 e. The van der Waals surface area contributed by atoms with Crippen LogP contribution in [-0.2, 0) is 20.7 Å². The second-order valence-corrected chi connectivity index (χ2v) is 8.94.